The number of aromatic nitrogens is 2. The fourth-order valence-electron chi connectivity index (χ4n) is 4.38. The summed E-state index contributed by atoms with van der Waals surface area (Å²) >= 11 is 0. The number of rotatable bonds is 3. The first-order valence-corrected chi connectivity index (χ1v) is 10.1. The molecule has 1 fully saturated rings. The minimum atomic E-state index is 0.0476. The molecule has 1 amide bonds. The maximum atomic E-state index is 13.3. The molecule has 2 heterocycles. The highest BCUT2D eigenvalue weighted by atomic mass is 16.3. The van der Waals surface area contributed by atoms with Gasteiger partial charge in [-0.25, -0.2) is 0 Å². The number of amides is 1. The van der Waals surface area contributed by atoms with Crippen LogP contribution in [0.15, 0.2) is 66.7 Å². The van der Waals surface area contributed by atoms with Crippen LogP contribution in [0.4, 0.5) is 0 Å². The third-order valence-corrected chi connectivity index (χ3v) is 5.85. The molecule has 1 aromatic heterocycles. The summed E-state index contributed by atoms with van der Waals surface area (Å²) in [6, 6.07) is 21.3. The lowest BCUT2D eigenvalue weighted by Gasteiger charge is -2.40. The zero-order chi connectivity index (χ0) is 20.8. The highest BCUT2D eigenvalue weighted by molar-refractivity contribution is 6.10. The molecule has 1 aliphatic rings. The Balaban J connectivity index is 1.46. The number of aromatic hydroxyl groups is 1. The van der Waals surface area contributed by atoms with Crippen molar-refractivity contribution in [3.8, 4) is 16.9 Å². The second-order valence-electron chi connectivity index (χ2n) is 7.99. The largest absolute Gasteiger partial charge is 0.508 e. The summed E-state index contributed by atoms with van der Waals surface area (Å²) in [5.74, 6) is 0.277. The van der Waals surface area contributed by atoms with Crippen LogP contribution in [0.25, 0.3) is 21.9 Å². The molecule has 0 saturated carbocycles. The molecule has 150 valence electrons. The first kappa shape index (κ1) is 18.4. The molecule has 0 radical (unpaired) electrons. The normalized spacial score (nSPS) is 14.1. The first-order valence-electron chi connectivity index (χ1n) is 10.1. The quantitative estimate of drug-likeness (QED) is 0.544. The topological polar surface area (TPSA) is 58.4 Å². The van der Waals surface area contributed by atoms with Gasteiger partial charge < -0.3 is 10.0 Å². The zero-order valence-corrected chi connectivity index (χ0v) is 17.0. The molecule has 0 atom stereocenters. The van der Waals surface area contributed by atoms with Crippen molar-refractivity contribution in [3.05, 3.63) is 83.7 Å². The van der Waals surface area contributed by atoms with Crippen LogP contribution in [-0.2, 0) is 0 Å². The maximum Gasteiger partial charge on any atom is 0.254 e. The number of aryl methyl sites for hydroxylation is 2. The summed E-state index contributed by atoms with van der Waals surface area (Å²) in [4.78, 5) is 15.2. The summed E-state index contributed by atoms with van der Waals surface area (Å²) in [5, 5.41) is 16.4. The number of nitrogens with zero attached hydrogens (tertiary/aromatic N) is 3. The summed E-state index contributed by atoms with van der Waals surface area (Å²) < 4.78 is 2.03. The number of hydrogen-bond donors (Lipinski definition) is 1. The van der Waals surface area contributed by atoms with Gasteiger partial charge in [-0.2, -0.15) is 5.10 Å². The van der Waals surface area contributed by atoms with Crippen molar-refractivity contribution in [2.75, 3.05) is 13.1 Å². The second-order valence-corrected chi connectivity index (χ2v) is 7.99. The molecule has 1 aliphatic heterocycles. The van der Waals surface area contributed by atoms with Gasteiger partial charge in [-0.3, -0.25) is 9.48 Å². The lowest BCUT2D eigenvalue weighted by molar-refractivity contribution is 0.0499. The Bertz CT molecular complexity index is 1270. The van der Waals surface area contributed by atoms with Crippen LogP contribution in [-0.4, -0.2) is 38.8 Å². The fraction of sp³-hybridized carbons (Fsp3) is 0.200. The number of likely N-dealkylation sites (tertiary alicyclic amines) is 1. The maximum absolute atomic E-state index is 13.3. The molecule has 0 unspecified atom stereocenters. The number of carbonyl (C=O) groups is 1. The Morgan fingerprint density at radius 3 is 2.43 bits per heavy atom. The van der Waals surface area contributed by atoms with E-state index in [-0.39, 0.29) is 17.7 Å². The van der Waals surface area contributed by atoms with Crippen LogP contribution in [0.2, 0.25) is 0 Å². The van der Waals surface area contributed by atoms with E-state index in [2.05, 4.69) is 18.1 Å². The summed E-state index contributed by atoms with van der Waals surface area (Å²) in [6.07, 6.45) is 0. The van der Waals surface area contributed by atoms with Gasteiger partial charge in [0.15, 0.2) is 0 Å². The number of benzene rings is 3. The molecule has 0 aliphatic carbocycles. The molecule has 1 saturated heterocycles. The van der Waals surface area contributed by atoms with Crippen LogP contribution in [0.5, 0.6) is 5.75 Å². The van der Waals surface area contributed by atoms with E-state index in [4.69, 9.17) is 0 Å². The van der Waals surface area contributed by atoms with E-state index >= 15 is 0 Å². The third-order valence-electron chi connectivity index (χ3n) is 5.85. The minimum absolute atomic E-state index is 0.0476. The van der Waals surface area contributed by atoms with Crippen molar-refractivity contribution in [1.29, 1.82) is 0 Å². The van der Waals surface area contributed by atoms with E-state index in [9.17, 15) is 9.90 Å². The van der Waals surface area contributed by atoms with Crippen molar-refractivity contribution in [2.45, 2.75) is 19.9 Å². The van der Waals surface area contributed by atoms with Crippen molar-refractivity contribution >= 4 is 16.7 Å². The summed E-state index contributed by atoms with van der Waals surface area (Å²) in [5.41, 5.74) is 4.78. The van der Waals surface area contributed by atoms with Gasteiger partial charge in [-0.1, -0.05) is 42.5 Å². The monoisotopic (exact) mass is 397 g/mol. The lowest BCUT2D eigenvalue weighted by Crippen LogP contribution is -2.51. The average Bonchev–Trinajstić information content (AvgIpc) is 3.03. The minimum Gasteiger partial charge on any atom is -0.508 e. The van der Waals surface area contributed by atoms with Gasteiger partial charge in [-0.15, -0.1) is 0 Å². The van der Waals surface area contributed by atoms with Gasteiger partial charge >= 0.3 is 0 Å². The Morgan fingerprint density at radius 1 is 0.967 bits per heavy atom. The predicted molar refractivity (Wildman–Crippen MR) is 118 cm³/mol. The molecular formula is C25H23N3O2. The standard InChI is InChI=1S/C25H23N3O2/c1-16-12-17(2)28(26-16)19-14-27(15-19)25(30)24-11-5-9-22-21(8-4-10-23(22)24)18-6-3-7-20(29)13-18/h3-13,19,29H,14-15H2,1-2H3. The Morgan fingerprint density at radius 2 is 1.70 bits per heavy atom. The molecule has 5 heteroatoms. The molecule has 5 rings (SSSR count). The Hall–Kier alpha value is -3.60. The molecule has 30 heavy (non-hydrogen) atoms. The van der Waals surface area contributed by atoms with Gasteiger partial charge in [-0.05, 0) is 60.0 Å². The average molecular weight is 397 g/mol. The molecule has 1 N–H and O–H groups in total. The van der Waals surface area contributed by atoms with Crippen molar-refractivity contribution in [3.63, 3.8) is 0 Å². The lowest BCUT2D eigenvalue weighted by atomic mass is 9.94. The number of hydrogen-bond acceptors (Lipinski definition) is 3. The van der Waals surface area contributed by atoms with Crippen LogP contribution in [0.3, 0.4) is 0 Å². The van der Waals surface area contributed by atoms with Crippen LogP contribution in [0, 0.1) is 13.8 Å². The van der Waals surface area contributed by atoms with E-state index in [1.165, 1.54) is 0 Å². The van der Waals surface area contributed by atoms with Gasteiger partial charge in [0.1, 0.15) is 5.75 Å². The van der Waals surface area contributed by atoms with E-state index in [1.54, 1.807) is 12.1 Å². The van der Waals surface area contributed by atoms with E-state index < -0.39 is 0 Å². The predicted octanol–water partition coefficient (Wildman–Crippen LogP) is 4.72. The fourth-order valence-corrected chi connectivity index (χ4v) is 4.38. The molecule has 3 aromatic carbocycles. The van der Waals surface area contributed by atoms with Crippen molar-refractivity contribution in [1.82, 2.24) is 14.7 Å². The first-order chi connectivity index (χ1) is 14.5. The molecule has 0 bridgehead atoms. The second kappa shape index (κ2) is 7.02. The van der Waals surface area contributed by atoms with E-state index in [0.717, 1.165) is 33.3 Å². The van der Waals surface area contributed by atoms with E-state index in [1.807, 2.05) is 65.0 Å². The van der Waals surface area contributed by atoms with Crippen LogP contribution < -0.4 is 0 Å². The number of carbonyl (C=O) groups excluding carboxylic acids is 1. The van der Waals surface area contributed by atoms with Crippen LogP contribution in [0.1, 0.15) is 27.8 Å². The highest BCUT2D eigenvalue weighted by Gasteiger charge is 2.34. The zero-order valence-electron chi connectivity index (χ0n) is 17.0. The SMILES string of the molecule is Cc1cc(C)n(C2CN(C(=O)c3cccc4c(-c5cccc(O)c5)cccc34)C2)n1. The number of phenolic OH excluding ortho intramolecular Hbond substituents is 1. The molecule has 5 nitrogen and oxygen atoms in total. The molecule has 0 spiro atoms. The van der Waals surface area contributed by atoms with Crippen molar-refractivity contribution < 1.29 is 9.90 Å². The number of fused-ring (bicyclic) bond motifs is 1. The third kappa shape index (κ3) is 3.03. The summed E-state index contributed by atoms with van der Waals surface area (Å²) in [7, 11) is 0. The van der Waals surface area contributed by atoms with Gasteiger partial charge in [0, 0.05) is 24.3 Å². The van der Waals surface area contributed by atoms with E-state index in [0.29, 0.717) is 18.7 Å². The van der Waals surface area contributed by atoms with Crippen LogP contribution >= 0.6 is 0 Å². The van der Waals surface area contributed by atoms with Gasteiger partial charge in [0.25, 0.3) is 5.91 Å². The van der Waals surface area contributed by atoms with Gasteiger partial charge in [0.05, 0.1) is 11.7 Å². The smallest absolute Gasteiger partial charge is 0.254 e. The van der Waals surface area contributed by atoms with Gasteiger partial charge in [0.2, 0.25) is 0 Å². The Labute approximate surface area is 175 Å². The Kier molecular flexibility index (Phi) is 4.31. The number of phenols is 1. The summed E-state index contributed by atoms with van der Waals surface area (Å²) in [6.45, 7) is 5.39. The van der Waals surface area contributed by atoms with Crippen molar-refractivity contribution in [2.24, 2.45) is 0 Å². The molecule has 4 aromatic rings. The highest BCUT2D eigenvalue weighted by Crippen LogP contribution is 2.33. The molecular weight excluding hydrogens is 374 g/mol.